The molecule has 2 rings (SSSR count). The number of hydrogen-bond acceptors (Lipinski definition) is 6. The van der Waals surface area contributed by atoms with Crippen molar-refractivity contribution in [3.8, 4) is 0 Å². The van der Waals surface area contributed by atoms with Crippen LogP contribution < -0.4 is 5.43 Å². The van der Waals surface area contributed by atoms with Gasteiger partial charge in [-0.2, -0.15) is 5.10 Å². The van der Waals surface area contributed by atoms with Gasteiger partial charge in [0.15, 0.2) is 0 Å². The highest BCUT2D eigenvalue weighted by Gasteiger charge is 2.08. The number of esters is 1. The second-order valence-corrected chi connectivity index (χ2v) is 5.43. The Morgan fingerprint density at radius 3 is 3.18 bits per heavy atom. The van der Waals surface area contributed by atoms with E-state index in [-0.39, 0.29) is 12.4 Å². The van der Waals surface area contributed by atoms with E-state index in [4.69, 9.17) is 16.3 Å². The van der Waals surface area contributed by atoms with Crippen molar-refractivity contribution >= 4 is 40.3 Å². The molecule has 0 radical (unpaired) electrons. The summed E-state index contributed by atoms with van der Waals surface area (Å²) in [6.07, 6.45) is 1.52. The number of hydrazone groups is 1. The van der Waals surface area contributed by atoms with E-state index < -0.39 is 5.82 Å². The van der Waals surface area contributed by atoms with Crippen molar-refractivity contribution in [1.82, 2.24) is 4.98 Å². The van der Waals surface area contributed by atoms with E-state index in [1.54, 1.807) is 12.3 Å². The molecular weight excluding hydrogens is 329 g/mol. The third-order valence-electron chi connectivity index (χ3n) is 2.50. The highest BCUT2D eigenvalue weighted by atomic mass is 35.5. The molecule has 0 unspecified atom stereocenters. The second kappa shape index (κ2) is 7.86. The minimum absolute atomic E-state index is 0.117. The Morgan fingerprint density at radius 2 is 2.41 bits per heavy atom. The number of halogens is 2. The topological polar surface area (TPSA) is 63.6 Å². The van der Waals surface area contributed by atoms with Crippen LogP contribution in [0, 0.1) is 5.82 Å². The monoisotopic (exact) mass is 341 g/mol. The average molecular weight is 342 g/mol. The molecule has 5 nitrogen and oxygen atoms in total. The first kappa shape index (κ1) is 16.4. The molecule has 0 spiro atoms. The average Bonchev–Trinajstić information content (AvgIpc) is 2.90. The zero-order chi connectivity index (χ0) is 15.9. The van der Waals surface area contributed by atoms with Gasteiger partial charge in [0.05, 0.1) is 24.9 Å². The van der Waals surface area contributed by atoms with Gasteiger partial charge in [0, 0.05) is 16.0 Å². The maximum absolute atomic E-state index is 13.1. The molecule has 0 amide bonds. The first-order chi connectivity index (χ1) is 10.6. The van der Waals surface area contributed by atoms with Gasteiger partial charge in [-0.1, -0.05) is 11.6 Å². The minimum Gasteiger partial charge on any atom is -0.466 e. The lowest BCUT2D eigenvalue weighted by Crippen LogP contribution is -2.07. The second-order valence-electron chi connectivity index (χ2n) is 4.16. The summed E-state index contributed by atoms with van der Waals surface area (Å²) in [6, 6.07) is 4.01. The molecule has 0 bridgehead atoms. The van der Waals surface area contributed by atoms with Crippen LogP contribution in [0.3, 0.4) is 0 Å². The van der Waals surface area contributed by atoms with Gasteiger partial charge < -0.3 is 4.74 Å². The van der Waals surface area contributed by atoms with Crippen molar-refractivity contribution in [2.45, 2.75) is 13.3 Å². The number of carbonyl (C=O) groups excluding carboxylic acids is 1. The molecule has 0 aliphatic carbocycles. The predicted octanol–water partition coefficient (Wildman–Crippen LogP) is 3.49. The van der Waals surface area contributed by atoms with Crippen LogP contribution in [0.2, 0.25) is 5.02 Å². The van der Waals surface area contributed by atoms with Gasteiger partial charge in [0.1, 0.15) is 5.82 Å². The molecule has 1 N–H and O–H groups in total. The molecule has 1 heterocycles. The number of nitrogens with one attached hydrogen (secondary N) is 1. The number of thiazole rings is 1. The molecule has 0 aliphatic rings. The summed E-state index contributed by atoms with van der Waals surface area (Å²) in [5.41, 5.74) is 3.77. The van der Waals surface area contributed by atoms with Crippen molar-refractivity contribution < 1.29 is 13.9 Å². The van der Waals surface area contributed by atoms with Gasteiger partial charge in [0.25, 0.3) is 0 Å². The number of anilines is 1. The minimum atomic E-state index is -0.392. The highest BCUT2D eigenvalue weighted by molar-refractivity contribution is 7.13. The fourth-order valence-corrected chi connectivity index (χ4v) is 2.40. The fraction of sp³-hybridized carbons (Fsp3) is 0.214. The van der Waals surface area contributed by atoms with Crippen molar-refractivity contribution in [3.63, 3.8) is 0 Å². The summed E-state index contributed by atoms with van der Waals surface area (Å²) in [7, 11) is 0. The van der Waals surface area contributed by atoms with Gasteiger partial charge in [-0.05, 0) is 25.1 Å². The Morgan fingerprint density at radius 1 is 1.59 bits per heavy atom. The smallest absolute Gasteiger partial charge is 0.311 e. The van der Waals surface area contributed by atoms with E-state index >= 15 is 0 Å². The summed E-state index contributed by atoms with van der Waals surface area (Å²) in [4.78, 5) is 15.5. The molecule has 0 fully saturated rings. The molecular formula is C14H13ClFN3O2S. The molecule has 0 saturated carbocycles. The summed E-state index contributed by atoms with van der Waals surface area (Å²) in [5, 5.41) is 6.60. The first-order valence-corrected chi connectivity index (χ1v) is 7.68. The Kier molecular flexibility index (Phi) is 5.85. The zero-order valence-electron chi connectivity index (χ0n) is 11.7. The van der Waals surface area contributed by atoms with E-state index in [1.807, 2.05) is 0 Å². The molecule has 0 atom stereocenters. The number of benzene rings is 1. The molecule has 0 saturated heterocycles. The van der Waals surface area contributed by atoms with E-state index in [0.29, 0.717) is 28.0 Å². The lowest BCUT2D eigenvalue weighted by Gasteiger charge is -1.99. The Bertz CT molecular complexity index is 690. The van der Waals surface area contributed by atoms with Gasteiger partial charge in [-0.25, -0.2) is 9.37 Å². The van der Waals surface area contributed by atoms with Crippen LogP contribution in [0.25, 0.3) is 0 Å². The summed E-state index contributed by atoms with van der Waals surface area (Å²) >= 11 is 7.22. The van der Waals surface area contributed by atoms with Crippen LogP contribution in [0.5, 0.6) is 0 Å². The lowest BCUT2D eigenvalue weighted by atomic mass is 10.2. The number of aromatic nitrogens is 1. The van der Waals surface area contributed by atoms with Gasteiger partial charge in [0.2, 0.25) is 5.13 Å². The molecule has 1 aromatic carbocycles. The van der Waals surface area contributed by atoms with E-state index in [1.165, 1.54) is 35.8 Å². The van der Waals surface area contributed by atoms with Crippen LogP contribution in [0.1, 0.15) is 18.2 Å². The molecule has 8 heteroatoms. The molecule has 116 valence electrons. The zero-order valence-corrected chi connectivity index (χ0v) is 13.2. The number of rotatable bonds is 6. The SMILES string of the molecule is CCOC(=O)Cc1csc(NN=Cc2cc(F)ccc2Cl)n1. The standard InChI is InChI=1S/C14H13ClFN3O2S/c1-2-21-13(20)6-11-8-22-14(18-11)19-17-7-9-5-10(16)3-4-12(9)15/h3-5,7-8H,2,6H2,1H3,(H,18,19). The van der Waals surface area contributed by atoms with Crippen molar-refractivity contribution in [1.29, 1.82) is 0 Å². The predicted molar refractivity (Wildman–Crippen MR) is 85.1 cm³/mol. The van der Waals surface area contributed by atoms with Crippen molar-refractivity contribution in [2.75, 3.05) is 12.0 Å². The van der Waals surface area contributed by atoms with E-state index in [9.17, 15) is 9.18 Å². The quantitative estimate of drug-likeness (QED) is 0.496. The molecule has 0 aliphatic heterocycles. The summed E-state index contributed by atoms with van der Waals surface area (Å²) in [6.45, 7) is 2.09. The maximum atomic E-state index is 13.1. The Balaban J connectivity index is 1.94. The van der Waals surface area contributed by atoms with Crippen molar-refractivity contribution in [3.05, 3.63) is 45.7 Å². The summed E-state index contributed by atoms with van der Waals surface area (Å²) in [5.74, 6) is -0.716. The number of ether oxygens (including phenoxy) is 1. The number of carbonyl (C=O) groups is 1. The molecule has 2 aromatic rings. The largest absolute Gasteiger partial charge is 0.466 e. The lowest BCUT2D eigenvalue weighted by molar-refractivity contribution is -0.142. The number of nitrogens with zero attached hydrogens (tertiary/aromatic N) is 2. The normalized spacial score (nSPS) is 10.9. The van der Waals surface area contributed by atoms with Crippen LogP contribution in [-0.2, 0) is 16.0 Å². The molecule has 1 aromatic heterocycles. The first-order valence-electron chi connectivity index (χ1n) is 6.42. The third kappa shape index (κ3) is 4.78. The fourth-order valence-electron chi connectivity index (χ4n) is 1.57. The number of hydrogen-bond donors (Lipinski definition) is 1. The maximum Gasteiger partial charge on any atom is 0.311 e. The Labute approximate surface area is 135 Å². The highest BCUT2D eigenvalue weighted by Crippen LogP contribution is 2.17. The van der Waals surface area contributed by atoms with E-state index in [0.717, 1.165) is 0 Å². The summed E-state index contributed by atoms with van der Waals surface area (Å²) < 4.78 is 17.9. The Hall–Kier alpha value is -1.99. The van der Waals surface area contributed by atoms with Gasteiger partial charge >= 0.3 is 5.97 Å². The van der Waals surface area contributed by atoms with Crippen LogP contribution in [-0.4, -0.2) is 23.8 Å². The van der Waals surface area contributed by atoms with Gasteiger partial charge in [-0.3, -0.25) is 10.2 Å². The third-order valence-corrected chi connectivity index (χ3v) is 3.64. The van der Waals surface area contributed by atoms with Gasteiger partial charge in [-0.15, -0.1) is 11.3 Å². The van der Waals surface area contributed by atoms with Crippen LogP contribution in [0.15, 0.2) is 28.7 Å². The van der Waals surface area contributed by atoms with Crippen LogP contribution in [0.4, 0.5) is 9.52 Å². The van der Waals surface area contributed by atoms with Crippen molar-refractivity contribution in [2.24, 2.45) is 5.10 Å². The van der Waals surface area contributed by atoms with E-state index in [2.05, 4.69) is 15.5 Å². The molecule has 22 heavy (non-hydrogen) atoms. The van der Waals surface area contributed by atoms with Crippen LogP contribution >= 0.6 is 22.9 Å².